The molecule has 2 unspecified atom stereocenters. The molecule has 2 aliphatic heterocycles. The lowest BCUT2D eigenvalue weighted by Gasteiger charge is -2.23. The van der Waals surface area contributed by atoms with Crippen molar-refractivity contribution >= 4 is 57.7 Å². The number of thiazole rings is 1. The van der Waals surface area contributed by atoms with Crippen LogP contribution >= 0.6 is 22.7 Å². The van der Waals surface area contributed by atoms with Crippen molar-refractivity contribution in [1.29, 1.82) is 0 Å². The number of thiophene rings is 1. The van der Waals surface area contributed by atoms with Gasteiger partial charge < -0.3 is 20.4 Å². The molecule has 218 valence electrons. The molecule has 4 amide bonds. The standard InChI is InChI=1S/C32H29N5O4S2/c1-20(38)36-16-2-5-26(36)29(39)33-24-14-10-22(11-15-24)31-35-25(19-43-31)21-8-12-23(13-9-21)34-30(40)27-6-3-17-37(27)32(41)28-7-4-18-42-28/h3-4,6-15,18-19,26-27H,2,5,16-17H2,1H3,(H,33,39)(H,34,40). The Bertz CT molecular complexity index is 1680. The molecule has 9 nitrogen and oxygen atoms in total. The number of hydrogen-bond donors (Lipinski definition) is 2. The topological polar surface area (TPSA) is 112 Å². The first-order valence-corrected chi connectivity index (χ1v) is 15.7. The van der Waals surface area contributed by atoms with Crippen LogP contribution < -0.4 is 10.6 Å². The van der Waals surface area contributed by atoms with E-state index in [0.717, 1.165) is 28.2 Å². The number of anilines is 2. The predicted octanol–water partition coefficient (Wildman–Crippen LogP) is 5.51. The SMILES string of the molecule is CC(=O)N1CCCC1C(=O)Nc1ccc(-c2nc(-c3ccc(NC(=O)C4C=CCN4C(=O)c4cccs4)cc3)cs2)cc1. The van der Waals surface area contributed by atoms with E-state index in [2.05, 4.69) is 10.6 Å². The number of likely N-dealkylation sites (tertiary alicyclic amines) is 1. The molecule has 2 atom stereocenters. The third kappa shape index (κ3) is 6.13. The van der Waals surface area contributed by atoms with E-state index in [-0.39, 0.29) is 23.6 Å². The molecule has 43 heavy (non-hydrogen) atoms. The minimum atomic E-state index is -0.659. The van der Waals surface area contributed by atoms with E-state index < -0.39 is 12.1 Å². The lowest BCUT2D eigenvalue weighted by molar-refractivity contribution is -0.134. The summed E-state index contributed by atoms with van der Waals surface area (Å²) in [5, 5.41) is 10.5. The van der Waals surface area contributed by atoms with Crippen molar-refractivity contribution in [2.75, 3.05) is 23.7 Å². The van der Waals surface area contributed by atoms with Gasteiger partial charge in [-0.1, -0.05) is 30.4 Å². The van der Waals surface area contributed by atoms with Crippen LogP contribution in [0, 0.1) is 0 Å². The largest absolute Gasteiger partial charge is 0.331 e. The molecular weight excluding hydrogens is 583 g/mol. The van der Waals surface area contributed by atoms with Crippen molar-refractivity contribution in [2.45, 2.75) is 31.8 Å². The van der Waals surface area contributed by atoms with Gasteiger partial charge in [-0.15, -0.1) is 22.7 Å². The molecule has 2 aliphatic rings. The summed E-state index contributed by atoms with van der Waals surface area (Å²) >= 11 is 2.88. The summed E-state index contributed by atoms with van der Waals surface area (Å²) in [5.74, 6) is -0.663. The molecule has 1 fully saturated rings. The van der Waals surface area contributed by atoms with Gasteiger partial charge in [-0.25, -0.2) is 4.98 Å². The number of nitrogens with zero attached hydrogens (tertiary/aromatic N) is 3. The Morgan fingerprint density at radius 3 is 2.23 bits per heavy atom. The van der Waals surface area contributed by atoms with Crippen molar-refractivity contribution in [2.24, 2.45) is 0 Å². The molecule has 4 heterocycles. The molecule has 6 rings (SSSR count). The number of amides is 4. The molecular formula is C32H29N5O4S2. The van der Waals surface area contributed by atoms with Crippen LogP contribution in [0.2, 0.25) is 0 Å². The lowest BCUT2D eigenvalue weighted by Crippen LogP contribution is -2.43. The number of nitrogens with one attached hydrogen (secondary N) is 2. The highest BCUT2D eigenvalue weighted by Crippen LogP contribution is 2.31. The molecule has 2 aromatic carbocycles. The van der Waals surface area contributed by atoms with E-state index in [0.29, 0.717) is 35.8 Å². The molecule has 2 N–H and O–H groups in total. The Morgan fingerprint density at radius 2 is 1.56 bits per heavy atom. The van der Waals surface area contributed by atoms with E-state index >= 15 is 0 Å². The maximum Gasteiger partial charge on any atom is 0.265 e. The van der Waals surface area contributed by atoms with Gasteiger partial charge >= 0.3 is 0 Å². The number of benzene rings is 2. The second-order valence-electron chi connectivity index (χ2n) is 10.3. The lowest BCUT2D eigenvalue weighted by atomic mass is 10.1. The van der Waals surface area contributed by atoms with Crippen molar-refractivity contribution in [1.82, 2.24) is 14.8 Å². The Hall–Kier alpha value is -4.61. The fourth-order valence-corrected chi connectivity index (χ4v) is 6.83. The highest BCUT2D eigenvalue weighted by molar-refractivity contribution is 7.13. The van der Waals surface area contributed by atoms with Crippen molar-refractivity contribution in [3.05, 3.63) is 88.5 Å². The van der Waals surface area contributed by atoms with Crippen molar-refractivity contribution < 1.29 is 19.2 Å². The summed E-state index contributed by atoms with van der Waals surface area (Å²) in [4.78, 5) is 58.9. The van der Waals surface area contributed by atoms with Gasteiger partial charge in [0.1, 0.15) is 17.1 Å². The summed E-state index contributed by atoms with van der Waals surface area (Å²) < 4.78 is 0. The van der Waals surface area contributed by atoms with E-state index in [1.54, 1.807) is 21.9 Å². The Balaban J connectivity index is 1.06. The number of carbonyl (C=O) groups excluding carboxylic acids is 4. The first kappa shape index (κ1) is 28.5. The van der Waals surface area contributed by atoms with Gasteiger partial charge in [-0.2, -0.15) is 0 Å². The molecule has 0 aliphatic carbocycles. The van der Waals surface area contributed by atoms with Crippen LogP contribution in [-0.2, 0) is 14.4 Å². The highest BCUT2D eigenvalue weighted by Gasteiger charge is 2.33. The molecule has 0 radical (unpaired) electrons. The average molecular weight is 612 g/mol. The monoisotopic (exact) mass is 611 g/mol. The summed E-state index contributed by atoms with van der Waals surface area (Å²) in [6.45, 7) is 2.51. The molecule has 0 saturated carbocycles. The minimum Gasteiger partial charge on any atom is -0.331 e. The maximum absolute atomic E-state index is 13.0. The molecule has 0 bridgehead atoms. The second kappa shape index (κ2) is 12.3. The van der Waals surface area contributed by atoms with Gasteiger partial charge in [0, 0.05) is 47.9 Å². The average Bonchev–Trinajstić information content (AvgIpc) is 3.84. The Morgan fingerprint density at radius 1 is 0.860 bits per heavy atom. The first-order chi connectivity index (χ1) is 20.9. The summed E-state index contributed by atoms with van der Waals surface area (Å²) in [6.07, 6.45) is 5.09. The first-order valence-electron chi connectivity index (χ1n) is 13.9. The number of hydrogen-bond acceptors (Lipinski definition) is 7. The normalized spacial score (nSPS) is 17.7. The zero-order valence-corrected chi connectivity index (χ0v) is 25.0. The zero-order valence-electron chi connectivity index (χ0n) is 23.4. The summed E-state index contributed by atoms with van der Waals surface area (Å²) in [5.41, 5.74) is 3.95. The van der Waals surface area contributed by atoms with Crippen LogP contribution in [0.5, 0.6) is 0 Å². The summed E-state index contributed by atoms with van der Waals surface area (Å²) in [7, 11) is 0. The minimum absolute atomic E-state index is 0.0806. The molecule has 11 heteroatoms. The van der Waals surface area contributed by atoms with Crippen LogP contribution in [0.4, 0.5) is 11.4 Å². The third-order valence-corrected chi connectivity index (χ3v) is 9.28. The molecule has 4 aromatic rings. The van der Waals surface area contributed by atoms with E-state index in [4.69, 9.17) is 4.98 Å². The van der Waals surface area contributed by atoms with Gasteiger partial charge in [-0.05, 0) is 60.7 Å². The summed E-state index contributed by atoms with van der Waals surface area (Å²) in [6, 6.07) is 17.5. The Kier molecular flexibility index (Phi) is 8.17. The van der Waals surface area contributed by atoms with Crippen LogP contribution in [0.25, 0.3) is 21.8 Å². The molecule has 2 aromatic heterocycles. The molecule has 1 saturated heterocycles. The van der Waals surface area contributed by atoms with Crippen LogP contribution in [0.15, 0.2) is 83.6 Å². The van der Waals surface area contributed by atoms with E-state index in [1.807, 2.05) is 71.4 Å². The van der Waals surface area contributed by atoms with Gasteiger partial charge in [0.2, 0.25) is 11.8 Å². The van der Waals surface area contributed by atoms with E-state index in [1.165, 1.54) is 29.6 Å². The van der Waals surface area contributed by atoms with Gasteiger partial charge in [0.05, 0.1) is 10.6 Å². The third-order valence-electron chi connectivity index (χ3n) is 7.53. The van der Waals surface area contributed by atoms with Gasteiger partial charge in [-0.3, -0.25) is 19.2 Å². The van der Waals surface area contributed by atoms with Crippen molar-refractivity contribution in [3.63, 3.8) is 0 Å². The van der Waals surface area contributed by atoms with E-state index in [9.17, 15) is 19.2 Å². The van der Waals surface area contributed by atoms with Crippen LogP contribution in [0.3, 0.4) is 0 Å². The number of aromatic nitrogens is 1. The fourth-order valence-electron chi connectivity index (χ4n) is 5.32. The predicted molar refractivity (Wildman–Crippen MR) is 169 cm³/mol. The Labute approximate surface area is 256 Å². The fraction of sp³-hybridized carbons (Fsp3) is 0.219. The highest BCUT2D eigenvalue weighted by atomic mass is 32.1. The van der Waals surface area contributed by atoms with Gasteiger partial charge in [0.15, 0.2) is 0 Å². The van der Waals surface area contributed by atoms with Crippen LogP contribution in [0.1, 0.15) is 29.4 Å². The molecule has 0 spiro atoms. The van der Waals surface area contributed by atoms with Crippen LogP contribution in [-0.4, -0.2) is 63.6 Å². The maximum atomic E-state index is 13.0. The quantitative estimate of drug-likeness (QED) is 0.268. The smallest absolute Gasteiger partial charge is 0.265 e. The number of carbonyl (C=O) groups is 4. The number of rotatable bonds is 7. The van der Waals surface area contributed by atoms with Crippen molar-refractivity contribution in [3.8, 4) is 21.8 Å². The second-order valence-corrected chi connectivity index (χ2v) is 12.2. The van der Waals surface area contributed by atoms with Gasteiger partial charge in [0.25, 0.3) is 11.8 Å². The zero-order chi connectivity index (χ0) is 29.9.